The largest absolute Gasteiger partial charge is 0.334 e. The maximum atomic E-state index is 12.3. The Kier molecular flexibility index (Phi) is 3.11. The van der Waals surface area contributed by atoms with E-state index >= 15 is 0 Å². The molecule has 8 heteroatoms. The quantitative estimate of drug-likeness (QED) is 0.790. The van der Waals surface area contributed by atoms with E-state index in [1.54, 1.807) is 34.9 Å². The van der Waals surface area contributed by atoms with E-state index in [2.05, 4.69) is 20.2 Å². The van der Waals surface area contributed by atoms with Gasteiger partial charge in [0, 0.05) is 25.6 Å². The highest BCUT2D eigenvalue weighted by Gasteiger charge is 2.16. The Morgan fingerprint density at radius 3 is 3.10 bits per heavy atom. The number of H-pyrrole nitrogens is 1. The van der Waals surface area contributed by atoms with E-state index in [4.69, 9.17) is 11.6 Å². The predicted octanol–water partition coefficient (Wildman–Crippen LogP) is 1.38. The number of halogens is 1. The van der Waals surface area contributed by atoms with Crippen LogP contribution in [0, 0.1) is 0 Å². The fourth-order valence-corrected chi connectivity index (χ4v) is 2.01. The molecule has 0 fully saturated rings. The molecule has 3 aromatic heterocycles. The van der Waals surface area contributed by atoms with Crippen LogP contribution in [0.1, 0.15) is 16.2 Å². The van der Waals surface area contributed by atoms with Crippen molar-refractivity contribution in [2.45, 2.75) is 6.54 Å². The minimum absolute atomic E-state index is 0.193. The van der Waals surface area contributed by atoms with Gasteiger partial charge in [0.2, 0.25) is 5.78 Å². The van der Waals surface area contributed by atoms with E-state index in [1.165, 1.54) is 6.20 Å². The molecule has 0 unspecified atom stereocenters. The normalized spacial score (nSPS) is 10.9. The summed E-state index contributed by atoms with van der Waals surface area (Å²) in [5.74, 6) is 0.244. The zero-order valence-corrected chi connectivity index (χ0v) is 11.4. The molecule has 0 atom stereocenters. The van der Waals surface area contributed by atoms with Crippen LogP contribution in [0.2, 0.25) is 5.02 Å². The van der Waals surface area contributed by atoms with Crippen LogP contribution in [0.4, 0.5) is 0 Å². The van der Waals surface area contributed by atoms with Crippen molar-refractivity contribution in [3.05, 3.63) is 47.3 Å². The van der Waals surface area contributed by atoms with Gasteiger partial charge in [-0.25, -0.2) is 9.97 Å². The van der Waals surface area contributed by atoms with E-state index in [1.807, 2.05) is 6.07 Å². The van der Waals surface area contributed by atoms with Crippen molar-refractivity contribution in [2.75, 3.05) is 7.05 Å². The monoisotopic (exact) mass is 290 g/mol. The number of aromatic nitrogens is 5. The number of carbonyl (C=O) groups is 1. The lowest BCUT2D eigenvalue weighted by Gasteiger charge is -2.14. The molecular weight excluding hydrogens is 280 g/mol. The molecule has 0 aliphatic rings. The number of rotatable bonds is 3. The van der Waals surface area contributed by atoms with Gasteiger partial charge in [-0.15, -0.1) is 0 Å². The van der Waals surface area contributed by atoms with E-state index in [0.717, 1.165) is 5.69 Å². The highest BCUT2D eigenvalue weighted by molar-refractivity contribution is 6.30. The second-order valence-corrected chi connectivity index (χ2v) is 4.79. The number of imidazole rings is 1. The first-order valence-corrected chi connectivity index (χ1v) is 6.25. The van der Waals surface area contributed by atoms with Crippen molar-refractivity contribution in [2.24, 2.45) is 0 Å². The summed E-state index contributed by atoms with van der Waals surface area (Å²) >= 11 is 5.85. The molecule has 0 radical (unpaired) electrons. The van der Waals surface area contributed by atoms with E-state index < -0.39 is 0 Å². The zero-order chi connectivity index (χ0) is 14.1. The number of carbonyl (C=O) groups excluding carboxylic acids is 1. The minimum atomic E-state index is -0.193. The average Bonchev–Trinajstić information content (AvgIpc) is 3.06. The first-order valence-electron chi connectivity index (χ1n) is 5.87. The number of hydrogen-bond donors (Lipinski definition) is 1. The molecule has 7 nitrogen and oxygen atoms in total. The van der Waals surface area contributed by atoms with Gasteiger partial charge in [0.1, 0.15) is 5.69 Å². The van der Waals surface area contributed by atoms with Crippen LogP contribution in [-0.2, 0) is 6.54 Å². The van der Waals surface area contributed by atoms with E-state index in [9.17, 15) is 4.79 Å². The summed E-state index contributed by atoms with van der Waals surface area (Å²) in [5, 5.41) is 7.14. The first kappa shape index (κ1) is 12.6. The molecule has 1 amide bonds. The van der Waals surface area contributed by atoms with Crippen LogP contribution in [0.3, 0.4) is 0 Å². The molecule has 0 aromatic carbocycles. The number of amides is 1. The molecule has 0 saturated carbocycles. The van der Waals surface area contributed by atoms with Crippen LogP contribution in [0.25, 0.3) is 5.78 Å². The van der Waals surface area contributed by atoms with Crippen molar-refractivity contribution in [1.29, 1.82) is 0 Å². The van der Waals surface area contributed by atoms with Crippen molar-refractivity contribution < 1.29 is 4.79 Å². The summed E-state index contributed by atoms with van der Waals surface area (Å²) < 4.78 is 1.62. The van der Waals surface area contributed by atoms with Gasteiger partial charge in [-0.1, -0.05) is 11.6 Å². The predicted molar refractivity (Wildman–Crippen MR) is 72.4 cm³/mol. The molecule has 0 spiro atoms. The summed E-state index contributed by atoms with van der Waals surface area (Å²) in [5.41, 5.74) is 1.17. The van der Waals surface area contributed by atoms with Gasteiger partial charge in [-0.2, -0.15) is 5.10 Å². The van der Waals surface area contributed by atoms with Gasteiger partial charge < -0.3 is 4.90 Å². The summed E-state index contributed by atoms with van der Waals surface area (Å²) in [4.78, 5) is 22.1. The summed E-state index contributed by atoms with van der Waals surface area (Å²) in [6, 6.07) is 1.81. The fraction of sp³-hybridized carbons (Fsp3) is 0.167. The van der Waals surface area contributed by atoms with Crippen molar-refractivity contribution >= 4 is 23.3 Å². The highest BCUT2D eigenvalue weighted by atomic mass is 35.5. The standard InChI is InChI=1S/C12H11ClN6O/c1-18(6-9-2-3-15-17-9)11(20)10-7-19-5-8(13)4-14-12(19)16-10/h2-5,7H,6H2,1H3,(H,15,17). The third-order valence-electron chi connectivity index (χ3n) is 2.81. The van der Waals surface area contributed by atoms with E-state index in [-0.39, 0.29) is 5.91 Å². The lowest BCUT2D eigenvalue weighted by atomic mass is 10.3. The number of fused-ring (bicyclic) bond motifs is 1. The van der Waals surface area contributed by atoms with Crippen LogP contribution in [0.15, 0.2) is 30.9 Å². The average molecular weight is 291 g/mol. The Hall–Kier alpha value is -2.41. The Morgan fingerprint density at radius 1 is 1.50 bits per heavy atom. The minimum Gasteiger partial charge on any atom is -0.334 e. The van der Waals surface area contributed by atoms with Gasteiger partial charge in [-0.3, -0.25) is 14.3 Å². The van der Waals surface area contributed by atoms with Crippen LogP contribution < -0.4 is 0 Å². The van der Waals surface area contributed by atoms with Crippen molar-refractivity contribution in [1.82, 2.24) is 29.5 Å². The number of hydrogen-bond acceptors (Lipinski definition) is 4. The summed E-state index contributed by atoms with van der Waals surface area (Å²) in [6.07, 6.45) is 6.40. The molecule has 1 N–H and O–H groups in total. The molecule has 20 heavy (non-hydrogen) atoms. The van der Waals surface area contributed by atoms with Gasteiger partial charge in [-0.05, 0) is 6.07 Å². The molecule has 3 rings (SSSR count). The Morgan fingerprint density at radius 2 is 2.35 bits per heavy atom. The first-order chi connectivity index (χ1) is 9.63. The summed E-state index contributed by atoms with van der Waals surface area (Å²) in [6.45, 7) is 0.431. The molecule has 0 bridgehead atoms. The fourth-order valence-electron chi connectivity index (χ4n) is 1.86. The number of aromatic amines is 1. The molecule has 3 heterocycles. The van der Waals surface area contributed by atoms with Gasteiger partial charge in [0.05, 0.1) is 23.5 Å². The SMILES string of the molecule is CN(Cc1ccn[nH]1)C(=O)c1cn2cc(Cl)cnc2n1. The smallest absolute Gasteiger partial charge is 0.274 e. The molecular formula is C12H11ClN6O. The van der Waals surface area contributed by atoms with Gasteiger partial charge >= 0.3 is 0 Å². The maximum Gasteiger partial charge on any atom is 0.274 e. The van der Waals surface area contributed by atoms with Crippen molar-refractivity contribution in [3.63, 3.8) is 0 Å². The lowest BCUT2D eigenvalue weighted by Crippen LogP contribution is -2.26. The molecule has 0 aliphatic heterocycles. The number of nitrogens with one attached hydrogen (secondary N) is 1. The molecule has 102 valence electrons. The van der Waals surface area contributed by atoms with Crippen LogP contribution in [0.5, 0.6) is 0 Å². The van der Waals surface area contributed by atoms with Gasteiger partial charge in [0.15, 0.2) is 0 Å². The molecule has 0 aliphatic carbocycles. The van der Waals surface area contributed by atoms with Crippen LogP contribution >= 0.6 is 11.6 Å². The van der Waals surface area contributed by atoms with E-state index in [0.29, 0.717) is 23.0 Å². The molecule has 3 aromatic rings. The van der Waals surface area contributed by atoms with Crippen molar-refractivity contribution in [3.8, 4) is 0 Å². The maximum absolute atomic E-state index is 12.3. The third-order valence-corrected chi connectivity index (χ3v) is 3.01. The Labute approximate surface area is 119 Å². The Bertz CT molecular complexity index is 750. The second kappa shape index (κ2) is 4.93. The zero-order valence-electron chi connectivity index (χ0n) is 10.6. The second-order valence-electron chi connectivity index (χ2n) is 4.35. The Balaban J connectivity index is 1.84. The lowest BCUT2D eigenvalue weighted by molar-refractivity contribution is 0.0778. The number of nitrogens with zero attached hydrogens (tertiary/aromatic N) is 5. The third kappa shape index (κ3) is 2.35. The molecule has 0 saturated heterocycles. The topological polar surface area (TPSA) is 79.2 Å². The highest BCUT2D eigenvalue weighted by Crippen LogP contribution is 2.11. The van der Waals surface area contributed by atoms with Gasteiger partial charge in [0.25, 0.3) is 5.91 Å². The summed E-state index contributed by atoms with van der Waals surface area (Å²) in [7, 11) is 1.70. The van der Waals surface area contributed by atoms with Crippen LogP contribution in [-0.4, -0.2) is 42.4 Å².